The molecule has 0 atom stereocenters. The van der Waals surface area contributed by atoms with Crippen molar-refractivity contribution in [2.45, 2.75) is 64.5 Å². The van der Waals surface area contributed by atoms with E-state index in [4.69, 9.17) is 4.98 Å². The Hall–Kier alpha value is -0.450. The van der Waals surface area contributed by atoms with E-state index in [1.807, 2.05) is 11.3 Å². The van der Waals surface area contributed by atoms with Crippen LogP contribution in [-0.4, -0.2) is 35.6 Å². The van der Waals surface area contributed by atoms with Crippen LogP contribution in [0.2, 0.25) is 0 Å². The molecule has 0 aromatic carbocycles. The Morgan fingerprint density at radius 3 is 2.70 bits per heavy atom. The Morgan fingerprint density at radius 1 is 1.20 bits per heavy atom. The van der Waals surface area contributed by atoms with Gasteiger partial charge in [0, 0.05) is 30.4 Å². The lowest BCUT2D eigenvalue weighted by Crippen LogP contribution is -2.25. The summed E-state index contributed by atoms with van der Waals surface area (Å²) in [6, 6.07) is 0.754. The van der Waals surface area contributed by atoms with Gasteiger partial charge in [0.1, 0.15) is 0 Å². The number of hydrogen-bond acceptors (Lipinski definition) is 4. The molecule has 3 rings (SSSR count). The molecule has 1 aliphatic carbocycles. The summed E-state index contributed by atoms with van der Waals surface area (Å²) in [6.45, 7) is 6.97. The van der Waals surface area contributed by atoms with Crippen molar-refractivity contribution in [1.29, 1.82) is 0 Å². The Balaban J connectivity index is 1.47. The van der Waals surface area contributed by atoms with Gasteiger partial charge in [-0.1, -0.05) is 12.8 Å². The standard InChI is InChI=1S/C16H27N3S/c1-13-15(12-17-14-6-2-3-7-14)20-16(18-13)8-11-19-9-4-5-10-19/h14,17H,2-12H2,1H3. The van der Waals surface area contributed by atoms with Crippen LogP contribution >= 0.6 is 11.3 Å². The fraction of sp³-hybridized carbons (Fsp3) is 0.812. The van der Waals surface area contributed by atoms with Crippen molar-refractivity contribution in [2.24, 2.45) is 0 Å². The van der Waals surface area contributed by atoms with Crippen LogP contribution in [0.3, 0.4) is 0 Å². The van der Waals surface area contributed by atoms with E-state index in [1.165, 1.54) is 73.7 Å². The van der Waals surface area contributed by atoms with E-state index >= 15 is 0 Å². The third kappa shape index (κ3) is 3.80. The van der Waals surface area contributed by atoms with Crippen molar-refractivity contribution in [3.63, 3.8) is 0 Å². The summed E-state index contributed by atoms with van der Waals surface area (Å²) in [7, 11) is 0. The monoisotopic (exact) mass is 293 g/mol. The molecule has 1 aromatic heterocycles. The summed E-state index contributed by atoms with van der Waals surface area (Å²) in [5, 5.41) is 5.04. The number of likely N-dealkylation sites (tertiary alicyclic amines) is 1. The highest BCUT2D eigenvalue weighted by Gasteiger charge is 2.16. The highest BCUT2D eigenvalue weighted by Crippen LogP contribution is 2.22. The smallest absolute Gasteiger partial charge is 0.0944 e. The number of rotatable bonds is 6. The van der Waals surface area contributed by atoms with Gasteiger partial charge >= 0.3 is 0 Å². The first-order valence-electron chi connectivity index (χ1n) is 8.22. The molecule has 1 saturated carbocycles. The van der Waals surface area contributed by atoms with Crippen molar-refractivity contribution in [3.8, 4) is 0 Å². The molecule has 0 bridgehead atoms. The van der Waals surface area contributed by atoms with Gasteiger partial charge in [-0.2, -0.15) is 0 Å². The number of nitrogens with one attached hydrogen (secondary N) is 1. The van der Waals surface area contributed by atoms with Gasteiger partial charge in [-0.25, -0.2) is 4.98 Å². The Bertz CT molecular complexity index is 417. The van der Waals surface area contributed by atoms with E-state index in [2.05, 4.69) is 17.1 Å². The van der Waals surface area contributed by atoms with Gasteiger partial charge in [0.05, 0.1) is 10.7 Å². The molecule has 2 aliphatic rings. The molecule has 1 N–H and O–H groups in total. The van der Waals surface area contributed by atoms with Crippen LogP contribution in [0.15, 0.2) is 0 Å². The summed E-state index contributed by atoms with van der Waals surface area (Å²) in [5.41, 5.74) is 1.25. The molecular weight excluding hydrogens is 266 g/mol. The highest BCUT2D eigenvalue weighted by molar-refractivity contribution is 7.11. The van der Waals surface area contributed by atoms with Crippen molar-refractivity contribution in [1.82, 2.24) is 15.2 Å². The maximum Gasteiger partial charge on any atom is 0.0944 e. The minimum absolute atomic E-state index is 0.754. The number of hydrogen-bond donors (Lipinski definition) is 1. The molecular formula is C16H27N3S. The third-order valence-corrected chi connectivity index (χ3v) is 5.90. The van der Waals surface area contributed by atoms with Gasteiger partial charge in [-0.05, 0) is 45.7 Å². The second-order valence-corrected chi connectivity index (χ2v) is 7.45. The molecule has 1 aliphatic heterocycles. The summed E-state index contributed by atoms with van der Waals surface area (Å²) in [4.78, 5) is 8.80. The average molecular weight is 293 g/mol. The molecule has 3 nitrogen and oxygen atoms in total. The van der Waals surface area contributed by atoms with Gasteiger partial charge in [0.2, 0.25) is 0 Å². The van der Waals surface area contributed by atoms with Crippen LogP contribution < -0.4 is 5.32 Å². The van der Waals surface area contributed by atoms with E-state index < -0.39 is 0 Å². The van der Waals surface area contributed by atoms with Crippen molar-refractivity contribution >= 4 is 11.3 Å². The van der Waals surface area contributed by atoms with Gasteiger partial charge in [-0.15, -0.1) is 11.3 Å². The zero-order chi connectivity index (χ0) is 13.8. The zero-order valence-electron chi connectivity index (χ0n) is 12.7. The van der Waals surface area contributed by atoms with E-state index in [-0.39, 0.29) is 0 Å². The van der Waals surface area contributed by atoms with Gasteiger partial charge in [-0.3, -0.25) is 0 Å². The lowest BCUT2D eigenvalue weighted by molar-refractivity contribution is 0.343. The first-order valence-corrected chi connectivity index (χ1v) is 9.04. The molecule has 1 saturated heterocycles. The molecule has 0 unspecified atom stereocenters. The zero-order valence-corrected chi connectivity index (χ0v) is 13.5. The number of aromatic nitrogens is 1. The lowest BCUT2D eigenvalue weighted by Gasteiger charge is -2.12. The Morgan fingerprint density at radius 2 is 1.95 bits per heavy atom. The van der Waals surface area contributed by atoms with Crippen LogP contribution in [0.4, 0.5) is 0 Å². The molecule has 4 heteroatoms. The fourth-order valence-electron chi connectivity index (χ4n) is 3.39. The molecule has 2 heterocycles. The molecule has 0 radical (unpaired) electrons. The Kier molecular flexibility index (Phi) is 5.08. The topological polar surface area (TPSA) is 28.2 Å². The second kappa shape index (κ2) is 7.01. The maximum atomic E-state index is 4.77. The second-order valence-electron chi connectivity index (χ2n) is 6.28. The van der Waals surface area contributed by atoms with Gasteiger partial charge in [0.15, 0.2) is 0 Å². The summed E-state index contributed by atoms with van der Waals surface area (Å²) in [6.07, 6.45) is 9.43. The van der Waals surface area contributed by atoms with Crippen LogP contribution in [0, 0.1) is 6.92 Å². The first kappa shape index (κ1) is 14.5. The Labute approximate surface area is 126 Å². The fourth-order valence-corrected chi connectivity index (χ4v) is 4.40. The van der Waals surface area contributed by atoms with E-state index in [9.17, 15) is 0 Å². The van der Waals surface area contributed by atoms with Gasteiger partial charge in [0.25, 0.3) is 0 Å². The van der Waals surface area contributed by atoms with Crippen molar-refractivity contribution in [3.05, 3.63) is 15.6 Å². The quantitative estimate of drug-likeness (QED) is 0.873. The lowest BCUT2D eigenvalue weighted by atomic mass is 10.2. The third-order valence-electron chi connectivity index (χ3n) is 4.68. The number of nitrogens with zero attached hydrogens (tertiary/aromatic N) is 2. The SMILES string of the molecule is Cc1nc(CCN2CCCC2)sc1CNC1CCCC1. The normalized spacial score (nSPS) is 21.1. The van der Waals surface area contributed by atoms with Crippen LogP contribution in [0.5, 0.6) is 0 Å². The highest BCUT2D eigenvalue weighted by atomic mass is 32.1. The summed E-state index contributed by atoms with van der Waals surface area (Å²) >= 11 is 1.93. The first-order chi connectivity index (χ1) is 9.81. The van der Waals surface area contributed by atoms with Crippen molar-refractivity contribution < 1.29 is 0 Å². The maximum absolute atomic E-state index is 4.77. The van der Waals surface area contributed by atoms with Gasteiger partial charge < -0.3 is 10.2 Å². The van der Waals surface area contributed by atoms with E-state index in [0.717, 1.165) is 19.0 Å². The molecule has 112 valence electrons. The predicted molar refractivity (Wildman–Crippen MR) is 85.3 cm³/mol. The largest absolute Gasteiger partial charge is 0.309 e. The van der Waals surface area contributed by atoms with E-state index in [1.54, 1.807) is 0 Å². The molecule has 2 fully saturated rings. The van der Waals surface area contributed by atoms with Crippen LogP contribution in [0.1, 0.15) is 54.1 Å². The van der Waals surface area contributed by atoms with E-state index in [0.29, 0.717) is 0 Å². The van der Waals surface area contributed by atoms with Crippen LogP contribution in [0.25, 0.3) is 0 Å². The average Bonchev–Trinajstić information content (AvgIpc) is 3.17. The summed E-state index contributed by atoms with van der Waals surface area (Å²) < 4.78 is 0. The summed E-state index contributed by atoms with van der Waals surface area (Å²) in [5.74, 6) is 0. The molecule has 1 aromatic rings. The number of thiazole rings is 1. The molecule has 0 spiro atoms. The number of aryl methyl sites for hydroxylation is 1. The molecule has 20 heavy (non-hydrogen) atoms. The van der Waals surface area contributed by atoms with Crippen molar-refractivity contribution in [2.75, 3.05) is 19.6 Å². The molecule has 0 amide bonds. The minimum atomic E-state index is 0.754. The minimum Gasteiger partial charge on any atom is -0.309 e. The predicted octanol–water partition coefficient (Wildman–Crippen LogP) is 3.12. The van der Waals surface area contributed by atoms with Crippen LogP contribution in [-0.2, 0) is 13.0 Å².